The van der Waals surface area contributed by atoms with Gasteiger partial charge in [0.05, 0.1) is 0 Å². The summed E-state index contributed by atoms with van der Waals surface area (Å²) >= 11 is 0. The van der Waals surface area contributed by atoms with E-state index in [2.05, 4.69) is 4.74 Å². The van der Waals surface area contributed by atoms with Gasteiger partial charge in [0.15, 0.2) is 5.92 Å². The Morgan fingerprint density at radius 2 is 1.45 bits per heavy atom. The molecule has 0 aliphatic carbocycles. The number of alkyl halides is 6. The quantitative estimate of drug-likeness (QED) is 0.482. The number of halogens is 6. The molecule has 1 atom stereocenters. The van der Waals surface area contributed by atoms with Gasteiger partial charge in [0.25, 0.3) is 6.10 Å². The Morgan fingerprint density at radius 1 is 1.05 bits per heavy atom. The van der Waals surface area contributed by atoms with Crippen molar-refractivity contribution in [2.75, 3.05) is 0 Å². The van der Waals surface area contributed by atoms with Crippen LogP contribution in [0.2, 0.25) is 0 Å². The summed E-state index contributed by atoms with van der Waals surface area (Å²) < 4.78 is 76.3. The first-order valence-electron chi connectivity index (χ1n) is 5.33. The fraction of sp³-hybridized carbons (Fsp3) is 0.800. The van der Waals surface area contributed by atoms with Crippen molar-refractivity contribution in [2.45, 2.75) is 38.7 Å². The lowest BCUT2D eigenvalue weighted by Gasteiger charge is -2.24. The van der Waals surface area contributed by atoms with Gasteiger partial charge in [0.2, 0.25) is 0 Å². The molecule has 0 radical (unpaired) electrons. The molecule has 10 heteroatoms. The van der Waals surface area contributed by atoms with Crippen molar-refractivity contribution in [3.8, 4) is 0 Å². The van der Waals surface area contributed by atoms with Crippen LogP contribution in [0.25, 0.3) is 0 Å². The average Bonchev–Trinajstić information content (AvgIpc) is 2.18. The van der Waals surface area contributed by atoms with Crippen LogP contribution in [0, 0.1) is 11.8 Å². The zero-order valence-electron chi connectivity index (χ0n) is 10.4. The van der Waals surface area contributed by atoms with Gasteiger partial charge in [-0.1, -0.05) is 13.8 Å². The Morgan fingerprint density at radius 3 is 1.70 bits per heavy atom. The van der Waals surface area contributed by atoms with Gasteiger partial charge >= 0.3 is 24.3 Å². The number of ether oxygens (including phenoxy) is 1. The Hall–Kier alpha value is -1.48. The molecule has 0 aliphatic heterocycles. The minimum atomic E-state index is -5.87. The van der Waals surface area contributed by atoms with Gasteiger partial charge in [-0.05, 0) is 12.3 Å². The van der Waals surface area contributed by atoms with Crippen LogP contribution in [0.5, 0.6) is 0 Å². The molecule has 0 aromatic rings. The van der Waals surface area contributed by atoms with Gasteiger partial charge in [-0.25, -0.2) is 0 Å². The lowest BCUT2D eigenvalue weighted by Crippen LogP contribution is -2.47. The molecule has 0 aromatic heterocycles. The first-order valence-corrected chi connectivity index (χ1v) is 5.33. The fourth-order valence-corrected chi connectivity index (χ4v) is 1.29. The third-order valence-electron chi connectivity index (χ3n) is 2.12. The van der Waals surface area contributed by atoms with Crippen LogP contribution in [-0.4, -0.2) is 35.5 Å². The van der Waals surface area contributed by atoms with Crippen molar-refractivity contribution in [2.24, 2.45) is 11.8 Å². The first kappa shape index (κ1) is 18.5. The number of carboxylic acids is 1. The van der Waals surface area contributed by atoms with Crippen LogP contribution < -0.4 is 0 Å². The zero-order valence-corrected chi connectivity index (χ0v) is 10.4. The Kier molecular flexibility index (Phi) is 5.85. The number of carbonyl (C=O) groups is 2. The van der Waals surface area contributed by atoms with Crippen molar-refractivity contribution in [1.29, 1.82) is 0 Å². The Balaban J connectivity index is 5.13. The summed E-state index contributed by atoms with van der Waals surface area (Å²) in [5.41, 5.74) is 0. The molecule has 0 aromatic carbocycles. The molecule has 0 rings (SSSR count). The second-order valence-corrected chi connectivity index (χ2v) is 4.42. The van der Waals surface area contributed by atoms with E-state index in [9.17, 15) is 35.9 Å². The molecule has 1 unspecified atom stereocenters. The number of carboxylic acid groups (broad SMARTS) is 1. The molecule has 4 nitrogen and oxygen atoms in total. The summed E-state index contributed by atoms with van der Waals surface area (Å²) in [7, 11) is 0. The number of hydrogen-bond acceptors (Lipinski definition) is 3. The number of aliphatic carboxylic acids is 1. The SMILES string of the molecule is CC(C)CC(C(=O)O)C(=O)OC(C(F)(F)F)C(F)(F)F. The van der Waals surface area contributed by atoms with Crippen LogP contribution in [0.1, 0.15) is 20.3 Å². The van der Waals surface area contributed by atoms with Crippen molar-refractivity contribution in [1.82, 2.24) is 0 Å². The van der Waals surface area contributed by atoms with Gasteiger partial charge in [-0.3, -0.25) is 9.59 Å². The standard InChI is InChI=1S/C10H12F6O4/c1-4(2)3-5(6(17)18)7(19)20-8(9(11,12)13)10(14,15)16/h4-5,8H,3H2,1-2H3,(H,17,18). The minimum Gasteiger partial charge on any atom is -0.481 e. The second-order valence-electron chi connectivity index (χ2n) is 4.42. The molecule has 0 bridgehead atoms. The number of rotatable bonds is 5. The lowest BCUT2D eigenvalue weighted by atomic mass is 9.97. The van der Waals surface area contributed by atoms with E-state index < -0.39 is 48.7 Å². The Labute approximate surface area is 109 Å². The highest BCUT2D eigenvalue weighted by atomic mass is 19.4. The Bertz CT molecular complexity index is 346. The predicted molar refractivity (Wildman–Crippen MR) is 52.6 cm³/mol. The first-order chi connectivity index (χ1) is 8.76. The van der Waals surface area contributed by atoms with E-state index in [1.807, 2.05) is 0 Å². The molecule has 20 heavy (non-hydrogen) atoms. The molecular weight excluding hydrogens is 298 g/mol. The molecule has 0 aliphatic rings. The van der Waals surface area contributed by atoms with Crippen LogP contribution in [0.3, 0.4) is 0 Å². The summed E-state index contributed by atoms with van der Waals surface area (Å²) in [5.74, 6) is -6.42. The summed E-state index contributed by atoms with van der Waals surface area (Å²) in [6, 6.07) is 0. The van der Waals surface area contributed by atoms with Crippen LogP contribution >= 0.6 is 0 Å². The third-order valence-corrected chi connectivity index (χ3v) is 2.12. The summed E-state index contributed by atoms with van der Waals surface area (Å²) in [6.45, 7) is 2.91. The summed E-state index contributed by atoms with van der Waals surface area (Å²) in [4.78, 5) is 21.9. The molecule has 0 amide bonds. The number of hydrogen-bond donors (Lipinski definition) is 1. The highest BCUT2D eigenvalue weighted by molar-refractivity contribution is 5.94. The highest BCUT2D eigenvalue weighted by Crippen LogP contribution is 2.36. The van der Waals surface area contributed by atoms with Gasteiger partial charge in [-0.15, -0.1) is 0 Å². The van der Waals surface area contributed by atoms with E-state index in [4.69, 9.17) is 5.11 Å². The van der Waals surface area contributed by atoms with Crippen LogP contribution in [0.4, 0.5) is 26.3 Å². The van der Waals surface area contributed by atoms with Gasteiger partial charge < -0.3 is 9.84 Å². The molecule has 1 N–H and O–H groups in total. The van der Waals surface area contributed by atoms with Crippen molar-refractivity contribution < 1.29 is 45.8 Å². The van der Waals surface area contributed by atoms with E-state index in [0.29, 0.717) is 0 Å². The molecule has 0 heterocycles. The predicted octanol–water partition coefficient (Wildman–Crippen LogP) is 2.77. The summed E-state index contributed by atoms with van der Waals surface area (Å²) in [6.07, 6.45) is -16.5. The van der Waals surface area contributed by atoms with Crippen LogP contribution in [-0.2, 0) is 14.3 Å². The maximum atomic E-state index is 12.2. The molecule has 118 valence electrons. The maximum Gasteiger partial charge on any atom is 0.434 e. The average molecular weight is 310 g/mol. The van der Waals surface area contributed by atoms with Crippen molar-refractivity contribution in [3.05, 3.63) is 0 Å². The molecule has 0 saturated carbocycles. The zero-order chi connectivity index (χ0) is 16.3. The van der Waals surface area contributed by atoms with Gasteiger partial charge in [-0.2, -0.15) is 26.3 Å². The van der Waals surface area contributed by atoms with E-state index in [1.165, 1.54) is 13.8 Å². The van der Waals surface area contributed by atoms with E-state index in [-0.39, 0.29) is 0 Å². The lowest BCUT2D eigenvalue weighted by molar-refractivity contribution is -0.314. The van der Waals surface area contributed by atoms with Crippen molar-refractivity contribution >= 4 is 11.9 Å². The smallest absolute Gasteiger partial charge is 0.434 e. The van der Waals surface area contributed by atoms with E-state index in [1.54, 1.807) is 0 Å². The number of esters is 1. The largest absolute Gasteiger partial charge is 0.481 e. The summed E-state index contributed by atoms with van der Waals surface area (Å²) in [5, 5.41) is 8.65. The maximum absolute atomic E-state index is 12.2. The third kappa shape index (κ3) is 5.66. The molecule has 0 spiro atoms. The molecular formula is C10H12F6O4. The normalized spacial score (nSPS) is 14.5. The van der Waals surface area contributed by atoms with Gasteiger partial charge in [0.1, 0.15) is 0 Å². The molecule has 0 saturated heterocycles. The van der Waals surface area contributed by atoms with Crippen molar-refractivity contribution in [3.63, 3.8) is 0 Å². The fourth-order valence-electron chi connectivity index (χ4n) is 1.29. The highest BCUT2D eigenvalue weighted by Gasteiger charge is 2.60. The van der Waals surface area contributed by atoms with Gasteiger partial charge in [0, 0.05) is 0 Å². The van der Waals surface area contributed by atoms with E-state index >= 15 is 0 Å². The van der Waals surface area contributed by atoms with Crippen LogP contribution in [0.15, 0.2) is 0 Å². The minimum absolute atomic E-state index is 0.432. The monoisotopic (exact) mass is 310 g/mol. The number of carbonyl (C=O) groups excluding carboxylic acids is 1. The topological polar surface area (TPSA) is 63.6 Å². The second kappa shape index (κ2) is 6.31. The van der Waals surface area contributed by atoms with E-state index in [0.717, 1.165) is 0 Å². The molecule has 0 fully saturated rings.